The minimum absolute atomic E-state index is 1.30. The number of fused-ring (bicyclic) bond motifs is 3. The maximum Gasteiger partial charge on any atom is -0.00262 e. The molecule has 0 aliphatic heterocycles. The second-order valence-corrected chi connectivity index (χ2v) is 7.19. The number of aryl methyl sites for hydroxylation is 2. The van der Waals surface area contributed by atoms with Gasteiger partial charge in [0.25, 0.3) is 0 Å². The molecule has 0 heterocycles. The summed E-state index contributed by atoms with van der Waals surface area (Å²) >= 11 is 0. The first-order valence-electron chi connectivity index (χ1n) is 8.89. The van der Waals surface area contributed by atoms with Gasteiger partial charge in [-0.1, -0.05) is 72.3 Å². The molecule has 0 fully saturated rings. The molecule has 0 nitrogen and oxygen atoms in total. The zero-order valence-corrected chi connectivity index (χ0v) is 14.9. The molecule has 0 spiro atoms. The van der Waals surface area contributed by atoms with Crippen molar-refractivity contribution in [3.05, 3.63) is 83.4 Å². The van der Waals surface area contributed by atoms with Gasteiger partial charge in [0.1, 0.15) is 0 Å². The van der Waals surface area contributed by atoms with E-state index < -0.39 is 0 Å². The Bertz CT molecular complexity index is 1140. The molecule has 5 rings (SSSR count). The molecule has 0 aromatic heterocycles. The Balaban J connectivity index is 1.88. The van der Waals surface area contributed by atoms with Gasteiger partial charge in [0.2, 0.25) is 0 Å². The predicted molar refractivity (Wildman–Crippen MR) is 108 cm³/mol. The molecule has 0 heteroatoms. The lowest BCUT2D eigenvalue weighted by Crippen LogP contribution is -1.92. The molecule has 0 unspecified atom stereocenters. The average Bonchev–Trinajstić information content (AvgIpc) is 2.97. The molecule has 0 atom stereocenters. The van der Waals surface area contributed by atoms with Crippen LogP contribution in [0.1, 0.15) is 16.7 Å². The fourth-order valence-corrected chi connectivity index (χ4v) is 4.39. The lowest BCUT2D eigenvalue weighted by Gasteiger charge is -2.16. The Morgan fingerprint density at radius 3 is 1.92 bits per heavy atom. The molecule has 4 aromatic carbocycles. The SMILES string of the molecule is Cc1ccc(-c2cc(C)c3c(c2C)-c2cccc4cccc-3c24)cc1. The first-order chi connectivity index (χ1) is 12.1. The predicted octanol–water partition coefficient (Wildman–Crippen LogP) is 7.08. The van der Waals surface area contributed by atoms with Gasteiger partial charge >= 0.3 is 0 Å². The Morgan fingerprint density at radius 1 is 0.600 bits per heavy atom. The van der Waals surface area contributed by atoms with Gasteiger partial charge in [0.15, 0.2) is 0 Å². The van der Waals surface area contributed by atoms with Gasteiger partial charge in [-0.3, -0.25) is 0 Å². The quantitative estimate of drug-likeness (QED) is 0.309. The van der Waals surface area contributed by atoms with Crippen LogP contribution in [-0.4, -0.2) is 0 Å². The molecule has 1 aliphatic rings. The highest BCUT2D eigenvalue weighted by Crippen LogP contribution is 2.51. The number of hydrogen-bond donors (Lipinski definition) is 0. The molecule has 0 saturated carbocycles. The molecule has 4 aromatic rings. The van der Waals surface area contributed by atoms with E-state index >= 15 is 0 Å². The lowest BCUT2D eigenvalue weighted by atomic mass is 9.88. The highest BCUT2D eigenvalue weighted by atomic mass is 14.3. The fraction of sp³-hybridized carbons (Fsp3) is 0.120. The van der Waals surface area contributed by atoms with Crippen molar-refractivity contribution in [1.29, 1.82) is 0 Å². The fourth-order valence-electron chi connectivity index (χ4n) is 4.39. The van der Waals surface area contributed by atoms with Gasteiger partial charge in [-0.2, -0.15) is 0 Å². The summed E-state index contributed by atoms with van der Waals surface area (Å²) in [5, 5.41) is 2.74. The van der Waals surface area contributed by atoms with Crippen molar-refractivity contribution in [2.75, 3.05) is 0 Å². The average molecular weight is 320 g/mol. The zero-order valence-electron chi connectivity index (χ0n) is 14.9. The molecule has 120 valence electrons. The first kappa shape index (κ1) is 14.5. The summed E-state index contributed by atoms with van der Waals surface area (Å²) in [6.07, 6.45) is 0. The van der Waals surface area contributed by atoms with Crippen LogP contribution in [-0.2, 0) is 0 Å². The Labute approximate surface area is 148 Å². The number of rotatable bonds is 1. The van der Waals surface area contributed by atoms with Gasteiger partial charge in [0.05, 0.1) is 0 Å². The van der Waals surface area contributed by atoms with Crippen LogP contribution in [0.4, 0.5) is 0 Å². The van der Waals surface area contributed by atoms with E-state index in [1.165, 1.54) is 60.8 Å². The van der Waals surface area contributed by atoms with Crippen molar-refractivity contribution in [2.45, 2.75) is 20.8 Å². The highest BCUT2D eigenvalue weighted by molar-refractivity contribution is 6.17. The summed E-state index contributed by atoms with van der Waals surface area (Å²) < 4.78 is 0. The summed E-state index contributed by atoms with van der Waals surface area (Å²) in [5.74, 6) is 0. The van der Waals surface area contributed by atoms with Crippen LogP contribution in [0.25, 0.3) is 44.2 Å². The second-order valence-electron chi connectivity index (χ2n) is 7.19. The standard InChI is InChI=1S/C25H20/c1-15-10-12-18(13-11-15)22-14-16(2)23-20-8-4-6-19-7-5-9-21(25(19)20)24(23)17(22)3/h4-14H,1-3H3. The van der Waals surface area contributed by atoms with Gasteiger partial charge < -0.3 is 0 Å². The monoisotopic (exact) mass is 320 g/mol. The minimum Gasteiger partial charge on any atom is -0.0610 e. The maximum absolute atomic E-state index is 2.36. The van der Waals surface area contributed by atoms with Crippen LogP contribution in [0.15, 0.2) is 66.7 Å². The van der Waals surface area contributed by atoms with Crippen LogP contribution in [0.5, 0.6) is 0 Å². The normalized spacial score (nSPS) is 11.8. The Kier molecular flexibility index (Phi) is 2.93. The Hall–Kier alpha value is -2.86. The number of hydrogen-bond acceptors (Lipinski definition) is 0. The molecule has 0 amide bonds. The van der Waals surface area contributed by atoms with E-state index in [2.05, 4.69) is 87.5 Å². The molecular weight excluding hydrogens is 300 g/mol. The summed E-state index contributed by atoms with van der Waals surface area (Å²) in [4.78, 5) is 0. The molecule has 1 aliphatic carbocycles. The largest absolute Gasteiger partial charge is 0.0610 e. The zero-order chi connectivity index (χ0) is 17.1. The topological polar surface area (TPSA) is 0 Å². The Morgan fingerprint density at radius 2 is 1.24 bits per heavy atom. The summed E-state index contributed by atoms with van der Waals surface area (Å²) in [5.41, 5.74) is 12.3. The molecular formula is C25H20. The van der Waals surface area contributed by atoms with E-state index in [0.29, 0.717) is 0 Å². The molecule has 0 N–H and O–H groups in total. The molecule has 25 heavy (non-hydrogen) atoms. The minimum atomic E-state index is 1.30. The van der Waals surface area contributed by atoms with E-state index in [0.717, 1.165) is 0 Å². The van der Waals surface area contributed by atoms with Gasteiger partial charge in [-0.25, -0.2) is 0 Å². The maximum atomic E-state index is 2.36. The van der Waals surface area contributed by atoms with Crippen LogP contribution in [0.2, 0.25) is 0 Å². The van der Waals surface area contributed by atoms with Crippen LogP contribution >= 0.6 is 0 Å². The molecule has 0 saturated heterocycles. The third-order valence-corrected chi connectivity index (χ3v) is 5.59. The number of benzene rings is 4. The van der Waals surface area contributed by atoms with Crippen molar-refractivity contribution in [3.63, 3.8) is 0 Å². The van der Waals surface area contributed by atoms with Gasteiger partial charge in [0, 0.05) is 0 Å². The molecule has 0 radical (unpaired) electrons. The first-order valence-corrected chi connectivity index (χ1v) is 8.89. The summed E-state index contributed by atoms with van der Waals surface area (Å²) in [6, 6.07) is 24.6. The summed E-state index contributed by atoms with van der Waals surface area (Å²) in [6.45, 7) is 6.67. The van der Waals surface area contributed by atoms with E-state index in [1.54, 1.807) is 0 Å². The molecule has 0 bridgehead atoms. The van der Waals surface area contributed by atoms with Crippen LogP contribution < -0.4 is 0 Å². The third kappa shape index (κ3) is 1.94. The van der Waals surface area contributed by atoms with Gasteiger partial charge in [-0.05, 0) is 76.1 Å². The van der Waals surface area contributed by atoms with E-state index in [4.69, 9.17) is 0 Å². The van der Waals surface area contributed by atoms with Crippen molar-refractivity contribution in [3.8, 4) is 33.4 Å². The second kappa shape index (κ2) is 5.07. The van der Waals surface area contributed by atoms with Crippen molar-refractivity contribution in [1.82, 2.24) is 0 Å². The van der Waals surface area contributed by atoms with E-state index in [9.17, 15) is 0 Å². The summed E-state index contributed by atoms with van der Waals surface area (Å²) in [7, 11) is 0. The van der Waals surface area contributed by atoms with Crippen LogP contribution in [0, 0.1) is 20.8 Å². The van der Waals surface area contributed by atoms with E-state index in [1.807, 2.05) is 0 Å². The smallest absolute Gasteiger partial charge is 0.00262 e. The third-order valence-electron chi connectivity index (χ3n) is 5.59. The highest BCUT2D eigenvalue weighted by Gasteiger charge is 2.25. The van der Waals surface area contributed by atoms with Crippen LogP contribution in [0.3, 0.4) is 0 Å². The van der Waals surface area contributed by atoms with Crippen molar-refractivity contribution in [2.24, 2.45) is 0 Å². The lowest BCUT2D eigenvalue weighted by molar-refractivity contribution is 1.39. The van der Waals surface area contributed by atoms with E-state index in [-0.39, 0.29) is 0 Å². The van der Waals surface area contributed by atoms with Crippen molar-refractivity contribution >= 4 is 10.8 Å². The van der Waals surface area contributed by atoms with Gasteiger partial charge in [-0.15, -0.1) is 0 Å². The van der Waals surface area contributed by atoms with Crippen molar-refractivity contribution < 1.29 is 0 Å².